The minimum absolute atomic E-state index is 0.0287. The lowest BCUT2D eigenvalue weighted by Crippen LogP contribution is -2.42. The van der Waals surface area contributed by atoms with E-state index >= 15 is 0 Å². The molecule has 3 aromatic rings. The van der Waals surface area contributed by atoms with Crippen molar-refractivity contribution in [1.29, 1.82) is 0 Å². The van der Waals surface area contributed by atoms with Crippen LogP contribution in [-0.2, 0) is 29.9 Å². The van der Waals surface area contributed by atoms with Gasteiger partial charge in [0.1, 0.15) is 11.5 Å². The molecule has 0 aromatic heterocycles. The zero-order valence-electron chi connectivity index (χ0n) is 27.1. The Morgan fingerprint density at radius 2 is 1.37 bits per heavy atom. The Bertz CT molecular complexity index is 1580. The fourth-order valence-electron chi connectivity index (χ4n) is 5.37. The van der Waals surface area contributed by atoms with Gasteiger partial charge in [-0.15, -0.1) is 0 Å². The van der Waals surface area contributed by atoms with E-state index in [-0.39, 0.29) is 48.9 Å². The molecule has 3 rings (SSSR count). The molecule has 0 unspecified atom stereocenters. The minimum atomic E-state index is -5.16. The number of hydrogen-bond donors (Lipinski definition) is 2. The number of nitrogens with zero attached hydrogens (tertiary/aromatic N) is 1. The Hall–Kier alpha value is -3.98. The first-order chi connectivity index (χ1) is 22.5. The molecule has 15 heteroatoms. The van der Waals surface area contributed by atoms with Gasteiger partial charge in [0.25, 0.3) is 0 Å². The Labute approximate surface area is 277 Å². The van der Waals surface area contributed by atoms with Crippen molar-refractivity contribution in [2.24, 2.45) is 0 Å². The molecule has 0 amide bonds. The molecule has 0 aliphatic heterocycles. The normalized spacial score (nSPS) is 13.9. The number of carboxylic acid groups (broad SMARTS) is 1. The van der Waals surface area contributed by atoms with Gasteiger partial charge in [-0.2, -0.15) is 39.5 Å². The van der Waals surface area contributed by atoms with E-state index in [9.17, 15) is 49.4 Å². The first-order valence-electron chi connectivity index (χ1n) is 15.0. The summed E-state index contributed by atoms with van der Waals surface area (Å²) in [6.07, 6.45) is -17.0. The number of aliphatic hydroxyl groups is 1. The van der Waals surface area contributed by atoms with Crippen molar-refractivity contribution in [3.63, 3.8) is 0 Å². The Morgan fingerprint density at radius 3 is 1.86 bits per heavy atom. The molecule has 0 aliphatic rings. The average molecular weight is 710 g/mol. The monoisotopic (exact) mass is 709 g/mol. The Kier molecular flexibility index (Phi) is 12.3. The number of alkyl halides is 9. The first-order valence-corrected chi connectivity index (χ1v) is 15.0. The number of hydrogen-bond acceptors (Lipinski definition) is 5. The molecule has 0 bridgehead atoms. The molecule has 0 saturated heterocycles. The molecular weight excluding hydrogens is 673 g/mol. The predicted molar refractivity (Wildman–Crippen MR) is 162 cm³/mol. The van der Waals surface area contributed by atoms with Gasteiger partial charge in [0.05, 0.1) is 36.5 Å². The summed E-state index contributed by atoms with van der Waals surface area (Å²) >= 11 is 0. The van der Waals surface area contributed by atoms with Gasteiger partial charge in [-0.3, -0.25) is 9.69 Å². The summed E-state index contributed by atoms with van der Waals surface area (Å²) in [6.45, 7) is 5.96. The summed E-state index contributed by atoms with van der Waals surface area (Å²) in [6, 6.07) is 5.05. The second-order valence-electron chi connectivity index (χ2n) is 11.8. The lowest BCUT2D eigenvalue weighted by Gasteiger charge is -2.36. The Morgan fingerprint density at radius 1 is 0.796 bits per heavy atom. The number of benzene rings is 3. The highest BCUT2D eigenvalue weighted by atomic mass is 19.4. The van der Waals surface area contributed by atoms with Crippen LogP contribution in [0.4, 0.5) is 39.5 Å². The van der Waals surface area contributed by atoms with Gasteiger partial charge in [0.2, 0.25) is 0 Å². The SMILES string of the molecule is COc1cc(C)c(OCCCC(=O)O)cc1-c1ccc(C(F)(F)F)cc1CN(C(C)C)[C@H](C)[C@H](O)c1cc(C(F)(F)F)cc(C(F)(F)F)c1. The Balaban J connectivity index is 2.14. The maximum atomic E-state index is 13.9. The average Bonchev–Trinajstić information content (AvgIpc) is 2.99. The number of rotatable bonds is 13. The molecule has 270 valence electrons. The van der Waals surface area contributed by atoms with Crippen LogP contribution in [0.2, 0.25) is 0 Å². The molecule has 2 N–H and O–H groups in total. The van der Waals surface area contributed by atoms with Gasteiger partial charge in [-0.25, -0.2) is 0 Å². The highest BCUT2D eigenvalue weighted by molar-refractivity contribution is 5.76. The van der Waals surface area contributed by atoms with Gasteiger partial charge < -0.3 is 19.7 Å². The summed E-state index contributed by atoms with van der Waals surface area (Å²) in [7, 11) is 1.35. The van der Waals surface area contributed by atoms with Crippen LogP contribution in [0.3, 0.4) is 0 Å². The highest BCUT2D eigenvalue weighted by Crippen LogP contribution is 2.42. The molecule has 0 spiro atoms. The molecule has 49 heavy (non-hydrogen) atoms. The maximum absolute atomic E-state index is 13.9. The first kappa shape index (κ1) is 39.5. The number of ether oxygens (including phenoxy) is 2. The topological polar surface area (TPSA) is 79.2 Å². The number of aliphatic hydroxyl groups excluding tert-OH is 1. The van der Waals surface area contributed by atoms with Crippen molar-refractivity contribution in [3.8, 4) is 22.6 Å². The summed E-state index contributed by atoms with van der Waals surface area (Å²) in [5, 5.41) is 20.1. The van der Waals surface area contributed by atoms with Gasteiger partial charge in [-0.05, 0) is 98.8 Å². The number of aliphatic carboxylic acids is 1. The van der Waals surface area contributed by atoms with Crippen molar-refractivity contribution < 1.29 is 64.0 Å². The van der Waals surface area contributed by atoms with Crippen molar-refractivity contribution in [3.05, 3.63) is 81.9 Å². The number of carboxylic acids is 1. The minimum Gasteiger partial charge on any atom is -0.496 e. The van der Waals surface area contributed by atoms with Crippen LogP contribution in [-0.4, -0.2) is 46.9 Å². The van der Waals surface area contributed by atoms with Crippen LogP contribution in [0.5, 0.6) is 11.5 Å². The summed E-state index contributed by atoms with van der Waals surface area (Å²) < 4.78 is 134. The van der Waals surface area contributed by atoms with Crippen LogP contribution >= 0.6 is 0 Å². The smallest absolute Gasteiger partial charge is 0.416 e. The fourth-order valence-corrected chi connectivity index (χ4v) is 5.37. The van der Waals surface area contributed by atoms with E-state index in [0.29, 0.717) is 29.0 Å². The van der Waals surface area contributed by atoms with E-state index in [0.717, 1.165) is 12.1 Å². The molecular formula is C34H36F9NO5. The molecule has 0 aliphatic carbocycles. The van der Waals surface area contributed by atoms with Crippen molar-refractivity contribution in [2.45, 2.75) is 83.8 Å². The van der Waals surface area contributed by atoms with E-state index in [1.165, 1.54) is 31.1 Å². The van der Waals surface area contributed by atoms with Crippen LogP contribution in [0.25, 0.3) is 11.1 Å². The number of methoxy groups -OCH3 is 1. The number of halogens is 9. The van der Waals surface area contributed by atoms with Gasteiger partial charge in [0, 0.05) is 30.6 Å². The second-order valence-corrected chi connectivity index (χ2v) is 11.8. The zero-order valence-corrected chi connectivity index (χ0v) is 27.1. The van der Waals surface area contributed by atoms with Gasteiger partial charge in [0.15, 0.2) is 0 Å². The third-order valence-electron chi connectivity index (χ3n) is 7.96. The largest absolute Gasteiger partial charge is 0.496 e. The molecule has 6 nitrogen and oxygen atoms in total. The summed E-state index contributed by atoms with van der Waals surface area (Å²) in [4.78, 5) is 12.3. The molecule has 0 fully saturated rings. The molecule has 0 saturated carbocycles. The fraction of sp³-hybridized carbons (Fsp3) is 0.441. The molecule has 3 aromatic carbocycles. The van der Waals surface area contributed by atoms with E-state index in [2.05, 4.69) is 0 Å². The van der Waals surface area contributed by atoms with Gasteiger partial charge in [-0.1, -0.05) is 6.07 Å². The standard InChI is InChI=1S/C34H36F9NO5/c1-18(2)44(20(4)31(47)21-12-24(33(38,39)40)15-25(13-21)34(41,42)43)17-22-14-23(32(35,36)37)8-9-26(22)27-16-28(19(3)11-29(27)48-5)49-10-6-7-30(45)46/h8-9,11-16,18,20,31,47H,6-7,10,17H2,1-5H3,(H,45,46)/t20-,31+/m1/s1. The number of aryl methyl sites for hydroxylation is 1. The number of carbonyl (C=O) groups is 1. The quantitative estimate of drug-likeness (QED) is 0.136. The summed E-state index contributed by atoms with van der Waals surface area (Å²) in [5.41, 5.74) is -3.74. The third kappa shape index (κ3) is 10.0. The molecule has 2 atom stereocenters. The molecule has 0 radical (unpaired) electrons. The van der Waals surface area contributed by atoms with Crippen molar-refractivity contribution in [1.82, 2.24) is 4.90 Å². The van der Waals surface area contributed by atoms with Crippen molar-refractivity contribution in [2.75, 3.05) is 13.7 Å². The predicted octanol–water partition coefficient (Wildman–Crippen LogP) is 9.30. The van der Waals surface area contributed by atoms with Crippen LogP contribution < -0.4 is 9.47 Å². The van der Waals surface area contributed by atoms with Crippen LogP contribution in [0, 0.1) is 6.92 Å². The van der Waals surface area contributed by atoms with E-state index < -0.39 is 64.9 Å². The third-order valence-corrected chi connectivity index (χ3v) is 7.96. The van der Waals surface area contributed by atoms with E-state index in [1.807, 2.05) is 0 Å². The zero-order chi connectivity index (χ0) is 37.1. The van der Waals surface area contributed by atoms with E-state index in [4.69, 9.17) is 14.6 Å². The highest BCUT2D eigenvalue weighted by Gasteiger charge is 2.39. The summed E-state index contributed by atoms with van der Waals surface area (Å²) in [5.74, 6) is -0.459. The van der Waals surface area contributed by atoms with Crippen molar-refractivity contribution >= 4 is 5.97 Å². The second kappa shape index (κ2) is 15.3. The lowest BCUT2D eigenvalue weighted by molar-refractivity contribution is -0.143. The van der Waals surface area contributed by atoms with Gasteiger partial charge >= 0.3 is 24.5 Å². The van der Waals surface area contributed by atoms with Crippen LogP contribution in [0.1, 0.15) is 73.1 Å². The van der Waals surface area contributed by atoms with Crippen LogP contribution in [0.15, 0.2) is 48.5 Å². The molecule has 0 heterocycles. The maximum Gasteiger partial charge on any atom is 0.416 e. The lowest BCUT2D eigenvalue weighted by atomic mass is 9.93. The van der Waals surface area contributed by atoms with E-state index in [1.54, 1.807) is 26.8 Å².